The quantitative estimate of drug-likeness (QED) is 0.432. The lowest BCUT2D eigenvalue weighted by atomic mass is 9.59. The molecule has 2 N–H and O–H groups in total. The zero-order valence-electron chi connectivity index (χ0n) is 17.1. The number of rotatable bonds is 2. The maximum absolute atomic E-state index is 13.1. The van der Waals surface area contributed by atoms with E-state index in [0.29, 0.717) is 34.5 Å². The lowest BCUT2D eigenvalue weighted by molar-refractivity contribution is -0.126. The van der Waals surface area contributed by atoms with Gasteiger partial charge in [-0.15, -0.1) is 0 Å². The number of phenolic OH excluding ortho intramolecular Hbond substituents is 1. The summed E-state index contributed by atoms with van der Waals surface area (Å²) in [5.41, 5.74) is 2.19. The van der Waals surface area contributed by atoms with Crippen molar-refractivity contribution in [3.63, 3.8) is 0 Å². The predicted octanol–water partition coefficient (Wildman–Crippen LogP) is 2.12. The van der Waals surface area contributed by atoms with Crippen LogP contribution < -0.4 is 10.1 Å². The maximum atomic E-state index is 13.1. The molecule has 158 valence electrons. The van der Waals surface area contributed by atoms with Crippen molar-refractivity contribution in [2.75, 3.05) is 7.11 Å². The van der Waals surface area contributed by atoms with Crippen LogP contribution in [0.25, 0.3) is 0 Å². The Morgan fingerprint density at radius 1 is 1.10 bits per heavy atom. The number of amides is 2. The van der Waals surface area contributed by atoms with Gasteiger partial charge in [0.15, 0.2) is 11.6 Å². The van der Waals surface area contributed by atoms with E-state index in [2.05, 4.69) is 5.32 Å². The summed E-state index contributed by atoms with van der Waals surface area (Å²) < 4.78 is 5.49. The van der Waals surface area contributed by atoms with Crippen molar-refractivity contribution in [3.05, 3.63) is 58.2 Å². The van der Waals surface area contributed by atoms with E-state index < -0.39 is 23.7 Å². The van der Waals surface area contributed by atoms with Crippen molar-refractivity contribution in [3.8, 4) is 11.5 Å². The number of carbonyl (C=O) groups is 4. The second-order valence-electron chi connectivity index (χ2n) is 8.48. The minimum absolute atomic E-state index is 0.0571. The Balaban J connectivity index is 1.77. The lowest BCUT2D eigenvalue weighted by Gasteiger charge is -2.42. The second kappa shape index (κ2) is 6.77. The van der Waals surface area contributed by atoms with Crippen LogP contribution in [0, 0.1) is 17.8 Å². The molecule has 0 aromatic heterocycles. The van der Waals surface area contributed by atoms with Gasteiger partial charge >= 0.3 is 0 Å². The molecule has 1 aliphatic heterocycles. The normalized spacial score (nSPS) is 29.6. The summed E-state index contributed by atoms with van der Waals surface area (Å²) in [4.78, 5) is 51.2. The fourth-order valence-electron chi connectivity index (χ4n) is 5.62. The minimum atomic E-state index is -0.727. The zero-order valence-corrected chi connectivity index (χ0v) is 17.1. The highest BCUT2D eigenvalue weighted by atomic mass is 16.5. The molecule has 4 atom stereocenters. The summed E-state index contributed by atoms with van der Waals surface area (Å²) in [5, 5.41) is 13.2. The maximum Gasteiger partial charge on any atom is 0.231 e. The van der Waals surface area contributed by atoms with Gasteiger partial charge in [-0.05, 0) is 43.9 Å². The molecular weight excluding hydrogens is 398 g/mol. The van der Waals surface area contributed by atoms with Gasteiger partial charge in [-0.1, -0.05) is 17.7 Å². The molecular formula is C24H21NO6. The third-order valence-corrected chi connectivity index (χ3v) is 6.96. The van der Waals surface area contributed by atoms with E-state index in [9.17, 15) is 24.3 Å². The Kier molecular flexibility index (Phi) is 4.25. The third-order valence-electron chi connectivity index (χ3n) is 6.96. The fourth-order valence-corrected chi connectivity index (χ4v) is 5.62. The number of hydrogen-bond donors (Lipinski definition) is 2. The number of ether oxygens (including phenoxy) is 1. The zero-order chi connectivity index (χ0) is 22.0. The molecule has 0 spiro atoms. The number of fused-ring (bicyclic) bond motifs is 3. The number of hydrogen-bond acceptors (Lipinski definition) is 6. The smallest absolute Gasteiger partial charge is 0.231 e. The molecule has 1 saturated heterocycles. The van der Waals surface area contributed by atoms with Gasteiger partial charge in [0.05, 0.1) is 18.9 Å². The van der Waals surface area contributed by atoms with E-state index >= 15 is 0 Å². The first-order chi connectivity index (χ1) is 14.8. The van der Waals surface area contributed by atoms with Gasteiger partial charge < -0.3 is 9.84 Å². The molecule has 5 rings (SSSR count). The summed E-state index contributed by atoms with van der Waals surface area (Å²) in [6.07, 6.45) is 3.80. The topological polar surface area (TPSA) is 110 Å². The van der Waals surface area contributed by atoms with Crippen LogP contribution in [0.15, 0.2) is 52.6 Å². The molecule has 0 saturated carbocycles. The van der Waals surface area contributed by atoms with E-state index in [1.807, 2.05) is 6.08 Å². The van der Waals surface area contributed by atoms with Crippen LogP contribution in [-0.4, -0.2) is 35.6 Å². The van der Waals surface area contributed by atoms with Gasteiger partial charge in [0.1, 0.15) is 11.5 Å². The Morgan fingerprint density at radius 3 is 2.61 bits per heavy atom. The number of carbonyl (C=O) groups excluding carboxylic acids is 4. The second-order valence-corrected chi connectivity index (χ2v) is 8.48. The Hall–Kier alpha value is -3.48. The van der Waals surface area contributed by atoms with E-state index in [1.165, 1.54) is 19.3 Å². The van der Waals surface area contributed by atoms with Crippen molar-refractivity contribution in [2.24, 2.45) is 17.8 Å². The minimum Gasteiger partial charge on any atom is -0.507 e. The Morgan fingerprint density at radius 2 is 1.87 bits per heavy atom. The van der Waals surface area contributed by atoms with Gasteiger partial charge in [0, 0.05) is 28.2 Å². The monoisotopic (exact) mass is 419 g/mol. The summed E-state index contributed by atoms with van der Waals surface area (Å²) in [6, 6.07) is 4.84. The predicted molar refractivity (Wildman–Crippen MR) is 109 cm³/mol. The van der Waals surface area contributed by atoms with Crippen molar-refractivity contribution in [2.45, 2.75) is 25.7 Å². The average Bonchev–Trinajstić information content (AvgIpc) is 3.04. The molecule has 31 heavy (non-hydrogen) atoms. The van der Waals surface area contributed by atoms with Crippen molar-refractivity contribution < 1.29 is 29.0 Å². The molecule has 1 fully saturated rings. The fraction of sp³-hybridized carbons (Fsp3) is 0.333. The number of ketones is 2. The highest BCUT2D eigenvalue weighted by Crippen LogP contribution is 2.56. The van der Waals surface area contributed by atoms with Crippen LogP contribution in [-0.2, 0) is 19.2 Å². The average molecular weight is 419 g/mol. The number of methoxy groups -OCH3 is 1. The molecule has 3 aliphatic carbocycles. The number of imide groups is 1. The van der Waals surface area contributed by atoms with E-state index in [0.717, 1.165) is 5.57 Å². The first-order valence-electron chi connectivity index (χ1n) is 10.2. The van der Waals surface area contributed by atoms with Gasteiger partial charge in [-0.3, -0.25) is 24.5 Å². The molecule has 1 aromatic carbocycles. The number of aromatic hydroxyl groups is 1. The van der Waals surface area contributed by atoms with Crippen LogP contribution >= 0.6 is 0 Å². The number of benzene rings is 1. The third kappa shape index (κ3) is 2.65. The Bertz CT molecular complexity index is 1170. The van der Waals surface area contributed by atoms with E-state index in [4.69, 9.17) is 4.74 Å². The highest BCUT2D eigenvalue weighted by molar-refractivity contribution is 6.23. The largest absolute Gasteiger partial charge is 0.507 e. The highest BCUT2D eigenvalue weighted by Gasteiger charge is 2.54. The van der Waals surface area contributed by atoms with Crippen LogP contribution in [0.2, 0.25) is 0 Å². The molecule has 0 bridgehead atoms. The van der Waals surface area contributed by atoms with Crippen LogP contribution in [0.4, 0.5) is 0 Å². The lowest BCUT2D eigenvalue weighted by Crippen LogP contribution is -2.39. The molecule has 0 radical (unpaired) electrons. The van der Waals surface area contributed by atoms with Gasteiger partial charge in [0.2, 0.25) is 11.8 Å². The number of allylic oxidation sites excluding steroid dienone is 6. The van der Waals surface area contributed by atoms with E-state index in [1.54, 1.807) is 19.1 Å². The molecule has 7 heteroatoms. The first-order valence-corrected chi connectivity index (χ1v) is 10.2. The van der Waals surface area contributed by atoms with Crippen LogP contribution in [0.5, 0.6) is 11.5 Å². The standard InChI is InChI=1S/C24H21NO6/c1-10-8-16(27)19-14(22(10)28)9-13-11(6-7-12-18(13)24(30)25-23(12)29)20(19)21-15(26)4-3-5-17(21)31-2/h3-6,8,12-13,18,20,26H,7,9H2,1-2H3,(H,25,29,30). The molecule has 2 amide bonds. The number of Topliss-reactive ketones (excluding diaryl/α,β-unsaturated/α-hetero) is 1. The number of phenols is 1. The molecule has 1 heterocycles. The SMILES string of the molecule is COc1cccc(O)c1C1C2=CCC3C(=O)NC(=O)C3C2CC2=C1C(=O)C=C(C)C2=O. The summed E-state index contributed by atoms with van der Waals surface area (Å²) in [7, 11) is 1.47. The molecule has 4 aliphatic rings. The van der Waals surface area contributed by atoms with Gasteiger partial charge in [0.25, 0.3) is 0 Å². The summed E-state index contributed by atoms with van der Waals surface area (Å²) >= 11 is 0. The summed E-state index contributed by atoms with van der Waals surface area (Å²) in [5.74, 6) is -3.07. The Labute approximate surface area is 178 Å². The molecule has 1 aromatic rings. The van der Waals surface area contributed by atoms with Crippen molar-refractivity contribution in [1.29, 1.82) is 0 Å². The van der Waals surface area contributed by atoms with Gasteiger partial charge in [-0.25, -0.2) is 0 Å². The van der Waals surface area contributed by atoms with Crippen LogP contribution in [0.3, 0.4) is 0 Å². The van der Waals surface area contributed by atoms with Crippen molar-refractivity contribution in [1.82, 2.24) is 5.32 Å². The summed E-state index contributed by atoms with van der Waals surface area (Å²) in [6.45, 7) is 1.60. The van der Waals surface area contributed by atoms with E-state index in [-0.39, 0.29) is 35.6 Å². The van der Waals surface area contributed by atoms with Crippen LogP contribution in [0.1, 0.15) is 31.2 Å². The van der Waals surface area contributed by atoms with Gasteiger partial charge in [-0.2, -0.15) is 0 Å². The molecule has 4 unspecified atom stereocenters. The van der Waals surface area contributed by atoms with Crippen molar-refractivity contribution >= 4 is 23.4 Å². The first kappa shape index (κ1) is 19.5. The number of nitrogens with one attached hydrogen (secondary N) is 1. The molecule has 7 nitrogen and oxygen atoms in total.